The fraction of sp³-hybridized carbons (Fsp3) is 0.310. The molecule has 3 heterocycles. The van der Waals surface area contributed by atoms with Gasteiger partial charge in [-0.15, -0.1) is 0 Å². The second-order valence-corrected chi connectivity index (χ2v) is 9.42. The lowest BCUT2D eigenvalue weighted by Crippen LogP contribution is -2.31. The number of hydrogen-bond donors (Lipinski definition) is 4. The maximum absolute atomic E-state index is 4.64. The summed E-state index contributed by atoms with van der Waals surface area (Å²) in [4.78, 5) is 16.0. The van der Waals surface area contributed by atoms with Crippen LogP contribution in [-0.4, -0.2) is 33.5 Å². The van der Waals surface area contributed by atoms with Crippen molar-refractivity contribution in [3.05, 3.63) is 83.7 Å². The van der Waals surface area contributed by atoms with Crippen LogP contribution in [0.1, 0.15) is 61.5 Å². The van der Waals surface area contributed by atoms with E-state index in [2.05, 4.69) is 92.7 Å². The van der Waals surface area contributed by atoms with Gasteiger partial charge < -0.3 is 20.6 Å². The standard InChI is InChI=1S/C29H32N6/c1-19-14-15-31-25(16-19)29-33-18-27(35-29)24-12-8-22(9-13-24)5-4-21-6-10-23(11-7-21)26-17-32-28(34-26)20(2)30-3/h6-13,17-20,25,30-31H,14-16H2,1-3H3,(H,32,34)(H,33,35)/t19-,20+,25+/m1/s1. The van der Waals surface area contributed by atoms with Crippen molar-refractivity contribution in [3.8, 4) is 34.4 Å². The van der Waals surface area contributed by atoms with Crippen LogP contribution < -0.4 is 10.6 Å². The Bertz CT molecular complexity index is 1320. The van der Waals surface area contributed by atoms with Crippen molar-refractivity contribution >= 4 is 0 Å². The highest BCUT2D eigenvalue weighted by atomic mass is 15.0. The number of rotatable bonds is 5. The fourth-order valence-corrected chi connectivity index (χ4v) is 4.43. The van der Waals surface area contributed by atoms with E-state index >= 15 is 0 Å². The second kappa shape index (κ2) is 10.3. The van der Waals surface area contributed by atoms with E-state index < -0.39 is 0 Å². The van der Waals surface area contributed by atoms with Gasteiger partial charge in [-0.05, 0) is 74.7 Å². The first kappa shape index (κ1) is 23.1. The summed E-state index contributed by atoms with van der Waals surface area (Å²) in [5, 5.41) is 6.77. The maximum atomic E-state index is 4.64. The molecule has 0 unspecified atom stereocenters. The van der Waals surface area contributed by atoms with Crippen LogP contribution in [0.5, 0.6) is 0 Å². The number of aromatic nitrogens is 4. The van der Waals surface area contributed by atoms with Gasteiger partial charge in [0.15, 0.2) is 0 Å². The van der Waals surface area contributed by atoms with Crippen LogP contribution in [0, 0.1) is 17.8 Å². The molecule has 5 rings (SSSR count). The number of benzene rings is 2. The molecule has 0 bridgehead atoms. The summed E-state index contributed by atoms with van der Waals surface area (Å²) in [6.07, 6.45) is 6.17. The van der Waals surface area contributed by atoms with E-state index in [9.17, 15) is 0 Å². The Kier molecular flexibility index (Phi) is 6.80. The quantitative estimate of drug-likeness (QED) is 0.306. The first-order valence-corrected chi connectivity index (χ1v) is 12.3. The summed E-state index contributed by atoms with van der Waals surface area (Å²) in [5.74, 6) is 9.23. The Balaban J connectivity index is 1.24. The van der Waals surface area contributed by atoms with Gasteiger partial charge in [0.25, 0.3) is 0 Å². The molecule has 0 amide bonds. The molecule has 4 N–H and O–H groups in total. The van der Waals surface area contributed by atoms with E-state index in [1.165, 1.54) is 6.42 Å². The smallest absolute Gasteiger partial charge is 0.123 e. The highest BCUT2D eigenvalue weighted by Gasteiger charge is 2.22. The summed E-state index contributed by atoms with van der Waals surface area (Å²) in [5.41, 5.74) is 6.23. The van der Waals surface area contributed by atoms with Crippen molar-refractivity contribution in [1.82, 2.24) is 30.6 Å². The van der Waals surface area contributed by atoms with Crippen molar-refractivity contribution < 1.29 is 0 Å². The van der Waals surface area contributed by atoms with Gasteiger partial charge in [-0.2, -0.15) is 0 Å². The van der Waals surface area contributed by atoms with Crippen molar-refractivity contribution in [1.29, 1.82) is 0 Å². The van der Waals surface area contributed by atoms with Gasteiger partial charge in [0.05, 0.1) is 35.9 Å². The molecule has 2 aromatic heterocycles. The van der Waals surface area contributed by atoms with Crippen LogP contribution in [0.25, 0.3) is 22.5 Å². The monoisotopic (exact) mass is 464 g/mol. The van der Waals surface area contributed by atoms with Crippen LogP contribution in [0.3, 0.4) is 0 Å². The van der Waals surface area contributed by atoms with Gasteiger partial charge >= 0.3 is 0 Å². The molecule has 0 aliphatic carbocycles. The topological polar surface area (TPSA) is 81.4 Å². The lowest BCUT2D eigenvalue weighted by Gasteiger charge is -2.26. The number of nitrogens with zero attached hydrogens (tertiary/aromatic N) is 2. The Hall–Kier alpha value is -3.66. The largest absolute Gasteiger partial charge is 0.341 e. The Morgan fingerprint density at radius 3 is 2.09 bits per heavy atom. The second-order valence-electron chi connectivity index (χ2n) is 9.42. The number of piperidine rings is 1. The minimum absolute atomic E-state index is 0.188. The summed E-state index contributed by atoms with van der Waals surface area (Å²) >= 11 is 0. The predicted octanol–water partition coefficient (Wildman–Crippen LogP) is 5.21. The van der Waals surface area contributed by atoms with Crippen molar-refractivity contribution in [2.45, 2.75) is 38.8 Å². The van der Waals surface area contributed by atoms with Crippen LogP contribution >= 0.6 is 0 Å². The minimum atomic E-state index is 0.188. The Morgan fingerprint density at radius 1 is 0.886 bits per heavy atom. The molecule has 1 fully saturated rings. The molecule has 6 nitrogen and oxygen atoms in total. The Labute approximate surface area is 207 Å². The van der Waals surface area contributed by atoms with E-state index in [0.29, 0.717) is 6.04 Å². The van der Waals surface area contributed by atoms with Crippen molar-refractivity contribution in [2.24, 2.45) is 5.92 Å². The third-order valence-electron chi connectivity index (χ3n) is 6.77. The first-order chi connectivity index (χ1) is 17.1. The number of aromatic amines is 2. The third-order valence-corrected chi connectivity index (χ3v) is 6.77. The van der Waals surface area contributed by atoms with Crippen LogP contribution in [0.15, 0.2) is 60.9 Å². The highest BCUT2D eigenvalue weighted by Crippen LogP contribution is 2.27. The van der Waals surface area contributed by atoms with E-state index in [-0.39, 0.29) is 6.04 Å². The first-order valence-electron chi connectivity index (χ1n) is 12.3. The fourth-order valence-electron chi connectivity index (χ4n) is 4.43. The molecule has 6 heteroatoms. The lowest BCUT2D eigenvalue weighted by molar-refractivity contribution is 0.317. The van der Waals surface area contributed by atoms with E-state index in [0.717, 1.165) is 64.2 Å². The van der Waals surface area contributed by atoms with E-state index in [4.69, 9.17) is 0 Å². The zero-order valence-corrected chi connectivity index (χ0v) is 20.5. The van der Waals surface area contributed by atoms with E-state index in [1.807, 2.05) is 31.6 Å². The van der Waals surface area contributed by atoms with Crippen LogP contribution in [0.4, 0.5) is 0 Å². The number of H-pyrrole nitrogens is 2. The molecular formula is C29H32N6. The van der Waals surface area contributed by atoms with Gasteiger partial charge in [-0.25, -0.2) is 9.97 Å². The van der Waals surface area contributed by atoms with Gasteiger partial charge in [0.1, 0.15) is 11.6 Å². The van der Waals surface area contributed by atoms with Crippen molar-refractivity contribution in [3.63, 3.8) is 0 Å². The van der Waals surface area contributed by atoms with Gasteiger partial charge in [-0.3, -0.25) is 0 Å². The molecule has 4 aromatic rings. The third kappa shape index (κ3) is 5.37. The van der Waals surface area contributed by atoms with Crippen molar-refractivity contribution in [2.75, 3.05) is 13.6 Å². The SMILES string of the molecule is CN[C@@H](C)c1ncc(-c2ccc(C#Cc3ccc(-c4cnc([C@@H]5C[C@H](C)CCN5)[nH]4)cc3)cc2)[nH]1. The summed E-state index contributed by atoms with van der Waals surface area (Å²) in [6, 6.07) is 17.1. The Morgan fingerprint density at radius 2 is 1.49 bits per heavy atom. The molecule has 0 saturated carbocycles. The highest BCUT2D eigenvalue weighted by molar-refractivity contribution is 5.62. The molecule has 178 valence electrons. The molecule has 1 aliphatic rings. The summed E-state index contributed by atoms with van der Waals surface area (Å²) in [7, 11) is 1.93. The van der Waals surface area contributed by atoms with Crippen LogP contribution in [-0.2, 0) is 0 Å². The normalized spacial score (nSPS) is 18.6. The lowest BCUT2D eigenvalue weighted by atomic mass is 9.94. The van der Waals surface area contributed by atoms with Gasteiger partial charge in [0.2, 0.25) is 0 Å². The molecule has 0 radical (unpaired) electrons. The molecule has 1 saturated heterocycles. The zero-order chi connectivity index (χ0) is 24.2. The molecule has 0 spiro atoms. The maximum Gasteiger partial charge on any atom is 0.123 e. The molecule has 3 atom stereocenters. The summed E-state index contributed by atoms with van der Waals surface area (Å²) < 4.78 is 0. The zero-order valence-electron chi connectivity index (χ0n) is 20.5. The van der Waals surface area contributed by atoms with Gasteiger partial charge in [-0.1, -0.05) is 43.0 Å². The minimum Gasteiger partial charge on any atom is -0.341 e. The number of hydrogen-bond acceptors (Lipinski definition) is 4. The average Bonchev–Trinajstić information content (AvgIpc) is 3.59. The molecule has 35 heavy (non-hydrogen) atoms. The average molecular weight is 465 g/mol. The molecule has 1 aliphatic heterocycles. The molecule has 2 aromatic carbocycles. The number of imidazole rings is 2. The molecular weight excluding hydrogens is 432 g/mol. The van der Waals surface area contributed by atoms with E-state index in [1.54, 1.807) is 0 Å². The number of nitrogens with one attached hydrogen (secondary N) is 4. The summed E-state index contributed by atoms with van der Waals surface area (Å²) in [6.45, 7) is 5.44. The van der Waals surface area contributed by atoms with Crippen LogP contribution in [0.2, 0.25) is 0 Å². The van der Waals surface area contributed by atoms with Gasteiger partial charge in [0, 0.05) is 11.1 Å². The predicted molar refractivity (Wildman–Crippen MR) is 141 cm³/mol.